The minimum atomic E-state index is -0.956. The maximum Gasteiger partial charge on any atom is 0.352 e. The number of aromatic amines is 1. The highest BCUT2D eigenvalue weighted by Gasteiger charge is 2.43. The summed E-state index contributed by atoms with van der Waals surface area (Å²) in [4.78, 5) is 34.0. The molecule has 8 rings (SSSR count). The number of aryl methyl sites for hydroxylation is 2. The van der Waals surface area contributed by atoms with E-state index in [2.05, 4.69) is 10.3 Å². The number of amides is 1. The fourth-order valence-corrected chi connectivity index (χ4v) is 7.69. The van der Waals surface area contributed by atoms with Gasteiger partial charge in [0.2, 0.25) is 0 Å². The third kappa shape index (κ3) is 3.76. The number of furan rings is 1. The normalized spacial score (nSPS) is 16.7. The summed E-state index contributed by atoms with van der Waals surface area (Å²) in [7, 11) is 1.76. The Balaban J connectivity index is 1.15. The number of carbonyl (C=O) groups excluding carboxylic acids is 1. The van der Waals surface area contributed by atoms with Gasteiger partial charge in [-0.2, -0.15) is 0 Å². The first-order valence-electron chi connectivity index (χ1n) is 15.3. The first kappa shape index (κ1) is 26.6. The number of hydrogen-bond donors (Lipinski definition) is 4. The van der Waals surface area contributed by atoms with E-state index in [0.717, 1.165) is 76.2 Å². The fraction of sp³-hybridized carbons (Fsp3) is 0.324. The molecular weight excluding hydrogens is 556 g/mol. The molecule has 0 atom stereocenters. The minimum Gasteiger partial charge on any atom is -0.477 e. The van der Waals surface area contributed by atoms with E-state index in [1.54, 1.807) is 28.8 Å². The van der Waals surface area contributed by atoms with Crippen molar-refractivity contribution in [2.24, 2.45) is 7.05 Å². The van der Waals surface area contributed by atoms with Gasteiger partial charge in [-0.15, -0.1) is 0 Å². The predicted molar refractivity (Wildman–Crippen MR) is 168 cm³/mol. The average Bonchev–Trinajstić information content (AvgIpc) is 3.81. The van der Waals surface area contributed by atoms with Crippen LogP contribution in [0.1, 0.15) is 88.7 Å². The first-order valence-corrected chi connectivity index (χ1v) is 15.3. The number of nitrogens with one attached hydrogen (secondary N) is 2. The molecule has 2 aliphatic rings. The van der Waals surface area contributed by atoms with Crippen LogP contribution in [0.5, 0.6) is 0 Å². The standard InChI is InChI=1S/C34H34N6O4/c1-18-23-15-24-25(16-26(23)39(2)29(18)32(42)43)37-33(36-24)34(11-5-12-34)38-31(41)20-8-9-22-27(14-20)40(35)30(21-10-13-44-17-21)28(22)19-6-3-4-7-19/h8-10,13-17,19H,3-7,11-12,35H2,1-2H3,(H,36,37)(H,38,41)(H,42,43). The zero-order valence-electron chi connectivity index (χ0n) is 24.7. The summed E-state index contributed by atoms with van der Waals surface area (Å²) in [6.07, 6.45) is 10.6. The SMILES string of the molecule is Cc1c(C(=O)O)n(C)c2cc3nc(C4(NC(=O)c5ccc6c(C7CCCC7)c(-c7ccoc7)n(N)c6c5)CCC4)[nH]c3cc12. The van der Waals surface area contributed by atoms with Crippen molar-refractivity contribution in [3.8, 4) is 11.3 Å². The molecule has 0 spiro atoms. The second kappa shape index (κ2) is 9.51. The van der Waals surface area contributed by atoms with Gasteiger partial charge in [0.25, 0.3) is 5.91 Å². The highest BCUT2D eigenvalue weighted by molar-refractivity contribution is 6.03. The highest BCUT2D eigenvalue weighted by Crippen LogP contribution is 2.45. The van der Waals surface area contributed by atoms with Gasteiger partial charge in [-0.1, -0.05) is 18.9 Å². The smallest absolute Gasteiger partial charge is 0.352 e. The van der Waals surface area contributed by atoms with Gasteiger partial charge in [0, 0.05) is 28.9 Å². The van der Waals surface area contributed by atoms with Crippen molar-refractivity contribution in [3.63, 3.8) is 0 Å². The Kier molecular flexibility index (Phi) is 5.75. The summed E-state index contributed by atoms with van der Waals surface area (Å²) in [5.74, 6) is 6.75. The van der Waals surface area contributed by atoms with Crippen LogP contribution in [-0.4, -0.2) is 36.2 Å². The number of rotatable bonds is 6. The number of nitrogen functional groups attached to an aromatic ring is 1. The number of aromatic carboxylic acids is 1. The molecule has 0 unspecified atom stereocenters. The van der Waals surface area contributed by atoms with E-state index in [9.17, 15) is 14.7 Å². The molecule has 0 aliphatic heterocycles. The molecule has 1 amide bonds. The van der Waals surface area contributed by atoms with Crippen molar-refractivity contribution >= 4 is 44.7 Å². The Hall–Kier alpha value is -4.99. The summed E-state index contributed by atoms with van der Waals surface area (Å²) >= 11 is 0. The van der Waals surface area contributed by atoms with Crippen molar-refractivity contribution in [2.75, 3.05) is 5.84 Å². The summed E-state index contributed by atoms with van der Waals surface area (Å²) < 4.78 is 8.82. The Morgan fingerprint density at radius 2 is 1.89 bits per heavy atom. The molecule has 5 N–H and O–H groups in total. The average molecular weight is 591 g/mol. The summed E-state index contributed by atoms with van der Waals surface area (Å²) in [6.45, 7) is 1.83. The number of nitrogens with zero attached hydrogens (tertiary/aromatic N) is 3. The van der Waals surface area contributed by atoms with E-state index < -0.39 is 11.5 Å². The lowest BCUT2D eigenvalue weighted by atomic mass is 9.76. The van der Waals surface area contributed by atoms with Gasteiger partial charge in [0.1, 0.15) is 11.5 Å². The lowest BCUT2D eigenvalue weighted by Crippen LogP contribution is -2.51. The fourth-order valence-electron chi connectivity index (χ4n) is 7.69. The largest absolute Gasteiger partial charge is 0.477 e. The van der Waals surface area contributed by atoms with Crippen LogP contribution in [0.3, 0.4) is 0 Å². The van der Waals surface area contributed by atoms with Gasteiger partial charge in [0.15, 0.2) is 0 Å². The molecule has 224 valence electrons. The highest BCUT2D eigenvalue weighted by atomic mass is 16.4. The molecule has 6 aromatic rings. The zero-order valence-corrected chi connectivity index (χ0v) is 24.7. The van der Waals surface area contributed by atoms with Crippen LogP contribution in [0.4, 0.5) is 0 Å². The van der Waals surface area contributed by atoms with Crippen molar-refractivity contribution < 1.29 is 19.1 Å². The number of imidazole rings is 1. The monoisotopic (exact) mass is 590 g/mol. The van der Waals surface area contributed by atoms with E-state index in [4.69, 9.17) is 15.2 Å². The maximum atomic E-state index is 13.8. The minimum absolute atomic E-state index is 0.173. The van der Waals surface area contributed by atoms with Gasteiger partial charge in [-0.25, -0.2) is 9.78 Å². The second-order valence-electron chi connectivity index (χ2n) is 12.6. The maximum absolute atomic E-state index is 13.8. The lowest BCUT2D eigenvalue weighted by molar-refractivity contribution is 0.0685. The van der Waals surface area contributed by atoms with E-state index >= 15 is 0 Å². The number of carbonyl (C=O) groups is 2. The van der Waals surface area contributed by atoms with Gasteiger partial charge < -0.3 is 30.2 Å². The number of benzene rings is 2. The Morgan fingerprint density at radius 1 is 1.09 bits per heavy atom. The quantitative estimate of drug-likeness (QED) is 0.164. The van der Waals surface area contributed by atoms with Crippen molar-refractivity contribution in [1.29, 1.82) is 0 Å². The number of carboxylic acid groups (broad SMARTS) is 1. The third-order valence-corrected chi connectivity index (χ3v) is 10.1. The molecule has 44 heavy (non-hydrogen) atoms. The molecule has 4 heterocycles. The number of aromatic nitrogens is 4. The molecule has 2 aromatic carbocycles. The van der Waals surface area contributed by atoms with Gasteiger partial charge in [0.05, 0.1) is 45.8 Å². The Morgan fingerprint density at radius 3 is 2.57 bits per heavy atom. The van der Waals surface area contributed by atoms with Crippen LogP contribution in [0.25, 0.3) is 44.1 Å². The predicted octanol–water partition coefficient (Wildman–Crippen LogP) is 6.46. The third-order valence-electron chi connectivity index (χ3n) is 10.1. The van der Waals surface area contributed by atoms with E-state index in [1.165, 1.54) is 18.4 Å². The Labute approximate surface area is 252 Å². The van der Waals surface area contributed by atoms with E-state index in [-0.39, 0.29) is 11.6 Å². The van der Waals surface area contributed by atoms with Crippen LogP contribution < -0.4 is 11.2 Å². The topological polar surface area (TPSA) is 144 Å². The Bertz CT molecular complexity index is 2060. The number of hydrogen-bond acceptors (Lipinski definition) is 5. The van der Waals surface area contributed by atoms with Crippen molar-refractivity contribution in [3.05, 3.63) is 77.1 Å². The lowest BCUT2D eigenvalue weighted by Gasteiger charge is -2.40. The van der Waals surface area contributed by atoms with Crippen LogP contribution in [0.15, 0.2) is 53.3 Å². The van der Waals surface area contributed by atoms with Gasteiger partial charge in [-0.3, -0.25) is 9.47 Å². The van der Waals surface area contributed by atoms with Crippen LogP contribution in [0.2, 0.25) is 0 Å². The number of H-pyrrole nitrogens is 1. The zero-order chi connectivity index (χ0) is 30.3. The second-order valence-corrected chi connectivity index (χ2v) is 12.6. The van der Waals surface area contributed by atoms with Crippen molar-refractivity contribution in [2.45, 2.75) is 63.3 Å². The number of fused-ring (bicyclic) bond motifs is 3. The summed E-state index contributed by atoms with van der Waals surface area (Å²) in [5.41, 5.74) is 7.23. The van der Waals surface area contributed by atoms with E-state index in [1.807, 2.05) is 43.3 Å². The molecular formula is C34H34N6O4. The molecule has 0 saturated heterocycles. The molecule has 0 radical (unpaired) electrons. The molecule has 10 heteroatoms. The molecule has 2 fully saturated rings. The molecule has 2 saturated carbocycles. The number of carboxylic acids is 1. The molecule has 4 aromatic heterocycles. The first-order chi connectivity index (χ1) is 21.3. The van der Waals surface area contributed by atoms with Crippen LogP contribution in [0, 0.1) is 6.92 Å². The summed E-state index contributed by atoms with van der Waals surface area (Å²) in [5, 5.41) is 14.9. The molecule has 0 bridgehead atoms. The van der Waals surface area contributed by atoms with Crippen molar-refractivity contribution in [1.82, 2.24) is 24.5 Å². The van der Waals surface area contributed by atoms with E-state index in [0.29, 0.717) is 22.9 Å². The number of nitrogens with two attached hydrogens (primary N) is 1. The molecule has 2 aliphatic carbocycles. The van der Waals surface area contributed by atoms with Crippen LogP contribution >= 0.6 is 0 Å². The van der Waals surface area contributed by atoms with Gasteiger partial charge in [-0.05, 0) is 86.4 Å². The molecule has 10 nitrogen and oxygen atoms in total. The van der Waals surface area contributed by atoms with Gasteiger partial charge >= 0.3 is 5.97 Å². The van der Waals surface area contributed by atoms with Crippen LogP contribution in [-0.2, 0) is 12.6 Å². The summed E-state index contributed by atoms with van der Waals surface area (Å²) in [6, 6.07) is 11.6.